The molecule has 4 aliphatic heterocycles. The van der Waals surface area contributed by atoms with Crippen molar-refractivity contribution in [2.75, 3.05) is 44.2 Å². The molecule has 2 aromatic heterocycles. The van der Waals surface area contributed by atoms with Crippen LogP contribution in [0.3, 0.4) is 0 Å². The number of phenolic OH excluding ortho intramolecular Hbond substituents is 2. The first-order chi connectivity index (χ1) is 25.2. The summed E-state index contributed by atoms with van der Waals surface area (Å²) in [5, 5.41) is 47.4. The number of anilines is 1. The van der Waals surface area contributed by atoms with E-state index in [4.69, 9.17) is 22.2 Å². The number of nitrogens with zero attached hydrogens (tertiary/aromatic N) is 9. The number of tetrazole rings is 1. The molecular formula is C31H35ClN11O8S2+. The number of oxime groups is 1. The van der Waals surface area contributed by atoms with E-state index in [0.29, 0.717) is 42.1 Å². The number of β-lactam (4-membered cyclic amide) rings is 1. The Labute approximate surface area is 314 Å². The summed E-state index contributed by atoms with van der Waals surface area (Å²) in [6.45, 7) is 5.57. The third-order valence-corrected chi connectivity index (χ3v) is 12.4. The fourth-order valence-electron chi connectivity index (χ4n) is 7.32. The van der Waals surface area contributed by atoms with Crippen molar-refractivity contribution in [1.29, 1.82) is 0 Å². The number of aliphatic carboxylic acids is 1. The van der Waals surface area contributed by atoms with Crippen molar-refractivity contribution in [3.8, 4) is 11.5 Å². The Kier molecular flexibility index (Phi) is 9.53. The highest BCUT2D eigenvalue weighted by molar-refractivity contribution is 8.00. The minimum Gasteiger partial charge on any atom is -0.504 e. The van der Waals surface area contributed by atoms with Crippen molar-refractivity contribution < 1.29 is 43.8 Å². The van der Waals surface area contributed by atoms with Gasteiger partial charge in [-0.25, -0.2) is 4.79 Å². The van der Waals surface area contributed by atoms with Gasteiger partial charge in [0.25, 0.3) is 5.91 Å². The monoisotopic (exact) mass is 788 g/mol. The lowest BCUT2D eigenvalue weighted by molar-refractivity contribution is -0.938. The topological polar surface area (TPSA) is 263 Å². The molecule has 19 nitrogen and oxygen atoms in total. The Morgan fingerprint density at radius 2 is 2.04 bits per heavy atom. The molecule has 6 N–H and O–H groups in total. The number of fused-ring (bicyclic) bond motifs is 2. The SMILES string of the molecule is CC(C)(O/N=C(\C(=O)C[C@@H]1C(=O)N2C(c3nn[nH]n3)=C(C[N+]34CCCC3CN(C(=O)c3cc(O)c(O)c(Cl)c3)CC4)CS[C@H]12)c1nsc(N)n1)C(=O)O. The van der Waals surface area contributed by atoms with E-state index < -0.39 is 40.1 Å². The standard InChI is InChI=1S/C31H34ClN11O8S2/c1-31(2,29(49)50)51-37-21(24-34-30(33)53-38-24)19(44)10-17-27(48)42-22(25-35-39-40-36-25)15(13-52-28(17)42)12-43-6-3-4-16(43)11-41(5-7-43)26(47)14-8-18(32)23(46)20(45)9-14/h8-9,16-17,28H,3-7,10-13H2,1-2H3,(H5-,33,34,35,36,37,38,39,40,44,45,46,47,49,50)/p+1/t16?,17-,28-,43?/m1/s1. The van der Waals surface area contributed by atoms with Crippen LogP contribution in [0.4, 0.5) is 5.13 Å². The Morgan fingerprint density at radius 3 is 2.72 bits per heavy atom. The van der Waals surface area contributed by atoms with E-state index in [1.807, 2.05) is 0 Å². The largest absolute Gasteiger partial charge is 0.504 e. The average Bonchev–Trinajstić information content (AvgIpc) is 3.90. The Bertz CT molecular complexity index is 2030. The van der Waals surface area contributed by atoms with Gasteiger partial charge in [0.1, 0.15) is 12.6 Å². The summed E-state index contributed by atoms with van der Waals surface area (Å²) in [7, 11) is 0. The number of H-pyrrole nitrogens is 1. The van der Waals surface area contributed by atoms with Gasteiger partial charge in [0.15, 0.2) is 28.1 Å². The number of carboxylic acid groups (broad SMARTS) is 1. The smallest absolute Gasteiger partial charge is 0.350 e. The van der Waals surface area contributed by atoms with Gasteiger partial charge in [-0.2, -0.15) is 14.6 Å². The van der Waals surface area contributed by atoms with Crippen LogP contribution in [0.1, 0.15) is 55.1 Å². The second-order valence-corrected chi connectivity index (χ2v) is 16.1. The second-order valence-electron chi connectivity index (χ2n) is 13.8. The molecule has 2 unspecified atom stereocenters. The second kappa shape index (κ2) is 13.8. The Morgan fingerprint density at radius 1 is 1.25 bits per heavy atom. The molecule has 0 saturated carbocycles. The Hall–Kier alpha value is -4.86. The van der Waals surface area contributed by atoms with Crippen molar-refractivity contribution in [3.63, 3.8) is 0 Å². The number of aromatic amines is 1. The molecule has 1 aromatic carbocycles. The van der Waals surface area contributed by atoms with Crippen LogP contribution in [-0.4, -0.2) is 144 Å². The zero-order valence-electron chi connectivity index (χ0n) is 28.4. The minimum absolute atomic E-state index is 0.0661. The normalized spacial score (nSPS) is 24.5. The molecule has 0 spiro atoms. The number of carbonyl (C=O) groups excluding carboxylic acids is 3. The first-order valence-electron chi connectivity index (χ1n) is 16.6. The molecule has 0 aliphatic carbocycles. The van der Waals surface area contributed by atoms with Crippen molar-refractivity contribution >= 4 is 75.0 Å². The molecule has 280 valence electrons. The third-order valence-electron chi connectivity index (χ3n) is 10.2. The molecule has 4 aliphatic rings. The fraction of sp³-hybridized carbons (Fsp3) is 0.484. The van der Waals surface area contributed by atoms with E-state index in [9.17, 15) is 34.5 Å². The van der Waals surface area contributed by atoms with Gasteiger partial charge in [-0.1, -0.05) is 16.8 Å². The number of amides is 2. The van der Waals surface area contributed by atoms with Gasteiger partial charge < -0.3 is 35.3 Å². The number of aromatic hydroxyl groups is 2. The fourth-order valence-corrected chi connectivity index (χ4v) is 9.37. The summed E-state index contributed by atoms with van der Waals surface area (Å²) in [4.78, 5) is 65.3. The lowest BCUT2D eigenvalue weighted by Crippen LogP contribution is -2.65. The molecule has 3 aromatic rings. The predicted octanol–water partition coefficient (Wildman–Crippen LogP) is 1.32. The number of halogens is 1. The lowest BCUT2D eigenvalue weighted by atomic mass is 9.89. The number of rotatable bonds is 11. The van der Waals surface area contributed by atoms with E-state index in [-0.39, 0.29) is 57.4 Å². The van der Waals surface area contributed by atoms with Gasteiger partial charge in [-0.15, -0.1) is 22.0 Å². The number of thioether (sulfide) groups is 1. The van der Waals surface area contributed by atoms with E-state index in [1.54, 1.807) is 9.80 Å². The number of quaternary nitrogens is 1. The number of hydrogen-bond donors (Lipinski definition) is 5. The minimum atomic E-state index is -1.76. The maximum absolute atomic E-state index is 13.9. The Balaban J connectivity index is 1.11. The highest BCUT2D eigenvalue weighted by Gasteiger charge is 2.55. The maximum atomic E-state index is 13.9. The summed E-state index contributed by atoms with van der Waals surface area (Å²) in [6.07, 6.45) is 1.56. The first kappa shape index (κ1) is 36.5. The van der Waals surface area contributed by atoms with Gasteiger partial charge in [0.2, 0.25) is 23.2 Å². The zero-order valence-corrected chi connectivity index (χ0v) is 30.8. The number of nitrogen functional groups attached to an aromatic ring is 1. The van der Waals surface area contributed by atoms with Gasteiger partial charge in [-0.3, -0.25) is 19.3 Å². The van der Waals surface area contributed by atoms with Crippen LogP contribution in [0.25, 0.3) is 5.70 Å². The van der Waals surface area contributed by atoms with E-state index >= 15 is 0 Å². The number of Topliss-reactive ketones (excluding diaryl/α,β-unsaturated/α-hetero) is 1. The average molecular weight is 789 g/mol. The van der Waals surface area contributed by atoms with Crippen molar-refractivity contribution in [3.05, 3.63) is 39.9 Å². The predicted molar refractivity (Wildman–Crippen MR) is 190 cm³/mol. The number of nitrogens with one attached hydrogen (secondary N) is 1. The number of hydrogen-bond acceptors (Lipinski definition) is 16. The summed E-state index contributed by atoms with van der Waals surface area (Å²) < 4.78 is 4.76. The van der Waals surface area contributed by atoms with Gasteiger partial charge >= 0.3 is 5.97 Å². The zero-order chi connectivity index (χ0) is 37.8. The summed E-state index contributed by atoms with van der Waals surface area (Å²) >= 11 is 8.38. The van der Waals surface area contributed by atoms with E-state index in [0.717, 1.165) is 36.5 Å². The highest BCUT2D eigenvalue weighted by Crippen LogP contribution is 2.49. The number of benzene rings is 1. The number of carboxylic acids is 1. The molecule has 6 heterocycles. The van der Waals surface area contributed by atoms with Crippen LogP contribution < -0.4 is 5.73 Å². The van der Waals surface area contributed by atoms with Gasteiger partial charge in [-0.05, 0) is 31.2 Å². The van der Waals surface area contributed by atoms with Gasteiger partial charge in [0.05, 0.1) is 48.2 Å². The molecular weight excluding hydrogens is 754 g/mol. The number of ketones is 1. The molecule has 22 heteroatoms. The molecule has 4 atom stereocenters. The van der Waals surface area contributed by atoms with Crippen LogP contribution >= 0.6 is 34.9 Å². The molecule has 7 rings (SSSR count). The van der Waals surface area contributed by atoms with E-state index in [2.05, 4.69) is 35.1 Å². The third kappa shape index (κ3) is 6.65. The number of aromatic nitrogens is 6. The van der Waals surface area contributed by atoms with Crippen molar-refractivity contribution in [1.82, 2.24) is 39.8 Å². The molecule has 0 radical (unpaired) electrons. The van der Waals surface area contributed by atoms with Crippen LogP contribution in [-0.2, 0) is 19.2 Å². The summed E-state index contributed by atoms with van der Waals surface area (Å²) in [5.41, 5.74) is 5.31. The number of nitrogens with two attached hydrogens (primary N) is 1. The molecule has 3 fully saturated rings. The first-order valence-corrected chi connectivity index (χ1v) is 18.8. The van der Waals surface area contributed by atoms with E-state index in [1.165, 1.54) is 37.7 Å². The molecule has 3 saturated heterocycles. The maximum Gasteiger partial charge on any atom is 0.350 e. The number of piperazine rings is 1. The van der Waals surface area contributed by atoms with Crippen LogP contribution in [0.15, 0.2) is 22.9 Å². The quantitative estimate of drug-likeness (QED) is 0.0603. The van der Waals surface area contributed by atoms with Crippen LogP contribution in [0.2, 0.25) is 5.02 Å². The van der Waals surface area contributed by atoms with Gasteiger partial charge in [0, 0.05) is 47.7 Å². The van der Waals surface area contributed by atoms with Crippen molar-refractivity contribution in [2.24, 2.45) is 11.1 Å². The van der Waals surface area contributed by atoms with Crippen LogP contribution in [0.5, 0.6) is 11.5 Å². The van der Waals surface area contributed by atoms with Crippen LogP contribution in [0, 0.1) is 5.92 Å². The highest BCUT2D eigenvalue weighted by atomic mass is 35.5. The number of phenols is 2. The summed E-state index contributed by atoms with van der Waals surface area (Å²) in [6, 6.07) is 2.66. The molecule has 2 amide bonds. The molecule has 0 bridgehead atoms. The summed E-state index contributed by atoms with van der Waals surface area (Å²) in [5.74, 6) is -3.59. The number of carbonyl (C=O) groups is 4. The molecule has 53 heavy (non-hydrogen) atoms. The lowest BCUT2D eigenvalue weighted by Gasteiger charge is -2.52. The van der Waals surface area contributed by atoms with Crippen molar-refractivity contribution in [2.45, 2.75) is 50.1 Å².